The third-order valence-corrected chi connectivity index (χ3v) is 3.75. The minimum absolute atomic E-state index is 0.0475. The van der Waals surface area contributed by atoms with Gasteiger partial charge in [-0.15, -0.1) is 0 Å². The molecule has 0 fully saturated rings. The Balaban J connectivity index is 1.68. The number of esters is 1. The fourth-order valence-electron chi connectivity index (χ4n) is 2.52. The molecule has 0 bridgehead atoms. The standard InChI is InChI=1S/C20H16N2O3/c1-24-17-6-4-5-15(11-17)8-9-20(23)25-14-16-13-22-10-3-2-7-19(22)18(16)12-21/h2-11,13H,14H2,1H3/b9-8+. The van der Waals surface area contributed by atoms with Crippen LogP contribution in [0.3, 0.4) is 0 Å². The van der Waals surface area contributed by atoms with E-state index in [9.17, 15) is 10.1 Å². The predicted octanol–water partition coefficient (Wildman–Crippen LogP) is 3.58. The largest absolute Gasteiger partial charge is 0.497 e. The van der Waals surface area contributed by atoms with Gasteiger partial charge in [-0.2, -0.15) is 5.26 Å². The number of nitrogens with zero attached hydrogens (tertiary/aromatic N) is 2. The molecule has 3 aromatic rings. The lowest BCUT2D eigenvalue weighted by Gasteiger charge is -2.01. The normalized spacial score (nSPS) is 10.7. The topological polar surface area (TPSA) is 63.7 Å². The van der Waals surface area contributed by atoms with E-state index in [-0.39, 0.29) is 6.61 Å². The van der Waals surface area contributed by atoms with Crippen molar-refractivity contribution in [2.45, 2.75) is 6.61 Å². The van der Waals surface area contributed by atoms with E-state index >= 15 is 0 Å². The first-order valence-corrected chi connectivity index (χ1v) is 7.69. The molecule has 0 aliphatic carbocycles. The van der Waals surface area contributed by atoms with Crippen molar-refractivity contribution in [3.8, 4) is 11.8 Å². The highest BCUT2D eigenvalue weighted by Crippen LogP contribution is 2.19. The zero-order valence-electron chi connectivity index (χ0n) is 13.7. The molecule has 124 valence electrons. The lowest BCUT2D eigenvalue weighted by atomic mass is 10.2. The van der Waals surface area contributed by atoms with Crippen molar-refractivity contribution in [2.24, 2.45) is 0 Å². The van der Waals surface area contributed by atoms with Crippen LogP contribution in [0.25, 0.3) is 11.6 Å². The van der Waals surface area contributed by atoms with Gasteiger partial charge in [-0.1, -0.05) is 18.2 Å². The summed E-state index contributed by atoms with van der Waals surface area (Å²) < 4.78 is 12.2. The number of rotatable bonds is 5. The van der Waals surface area contributed by atoms with Crippen LogP contribution in [0.5, 0.6) is 5.75 Å². The third kappa shape index (κ3) is 3.70. The van der Waals surface area contributed by atoms with Gasteiger partial charge in [0, 0.05) is 24.0 Å². The molecule has 2 heterocycles. The Hall–Kier alpha value is -3.52. The van der Waals surface area contributed by atoms with Crippen LogP contribution in [-0.4, -0.2) is 17.5 Å². The van der Waals surface area contributed by atoms with Crippen LogP contribution in [0.1, 0.15) is 16.7 Å². The summed E-state index contributed by atoms with van der Waals surface area (Å²) in [6.45, 7) is 0.0475. The zero-order valence-corrected chi connectivity index (χ0v) is 13.7. The minimum Gasteiger partial charge on any atom is -0.497 e. The van der Waals surface area contributed by atoms with E-state index in [1.165, 1.54) is 6.08 Å². The van der Waals surface area contributed by atoms with Gasteiger partial charge in [0.15, 0.2) is 0 Å². The van der Waals surface area contributed by atoms with Gasteiger partial charge >= 0.3 is 5.97 Å². The molecule has 0 radical (unpaired) electrons. The minimum atomic E-state index is -0.470. The second-order valence-electron chi connectivity index (χ2n) is 5.35. The van der Waals surface area contributed by atoms with Crippen molar-refractivity contribution in [1.82, 2.24) is 4.40 Å². The van der Waals surface area contributed by atoms with Crippen molar-refractivity contribution in [2.75, 3.05) is 7.11 Å². The van der Waals surface area contributed by atoms with Gasteiger partial charge in [0.1, 0.15) is 18.4 Å². The number of ether oxygens (including phenoxy) is 2. The predicted molar refractivity (Wildman–Crippen MR) is 93.9 cm³/mol. The van der Waals surface area contributed by atoms with E-state index in [1.807, 2.05) is 53.1 Å². The van der Waals surface area contributed by atoms with Gasteiger partial charge in [0.2, 0.25) is 0 Å². The van der Waals surface area contributed by atoms with Crippen LogP contribution in [0, 0.1) is 11.3 Å². The fraction of sp³-hybridized carbons (Fsp3) is 0.100. The van der Waals surface area contributed by atoms with Crippen LogP contribution in [0.2, 0.25) is 0 Å². The van der Waals surface area contributed by atoms with Crippen LogP contribution in [0.4, 0.5) is 0 Å². The van der Waals surface area contributed by atoms with Gasteiger partial charge in [-0.3, -0.25) is 0 Å². The maximum atomic E-state index is 11.9. The number of hydrogen-bond acceptors (Lipinski definition) is 4. The molecule has 25 heavy (non-hydrogen) atoms. The lowest BCUT2D eigenvalue weighted by Crippen LogP contribution is -2.01. The quantitative estimate of drug-likeness (QED) is 0.529. The Labute approximate surface area is 145 Å². The summed E-state index contributed by atoms with van der Waals surface area (Å²) in [4.78, 5) is 11.9. The second-order valence-corrected chi connectivity index (χ2v) is 5.35. The number of carbonyl (C=O) groups excluding carboxylic acids is 1. The first-order chi connectivity index (χ1) is 12.2. The van der Waals surface area contributed by atoms with Crippen LogP contribution in [-0.2, 0) is 16.1 Å². The molecule has 0 amide bonds. The molecule has 3 rings (SSSR count). The van der Waals surface area contributed by atoms with Gasteiger partial charge in [0.05, 0.1) is 18.2 Å². The monoisotopic (exact) mass is 332 g/mol. The van der Waals surface area contributed by atoms with E-state index < -0.39 is 5.97 Å². The van der Waals surface area contributed by atoms with Crippen molar-refractivity contribution >= 4 is 17.6 Å². The van der Waals surface area contributed by atoms with E-state index in [0.29, 0.717) is 11.1 Å². The molecule has 0 spiro atoms. The molecule has 0 saturated heterocycles. The van der Waals surface area contributed by atoms with E-state index in [2.05, 4.69) is 6.07 Å². The Kier molecular flexibility index (Phi) is 4.82. The fourth-order valence-corrected chi connectivity index (χ4v) is 2.52. The molecule has 1 aromatic carbocycles. The number of carbonyl (C=O) groups is 1. The summed E-state index contributed by atoms with van der Waals surface area (Å²) >= 11 is 0. The molecule has 5 nitrogen and oxygen atoms in total. The molecule has 0 aliphatic heterocycles. The molecule has 0 atom stereocenters. The lowest BCUT2D eigenvalue weighted by molar-refractivity contribution is -0.138. The highest BCUT2D eigenvalue weighted by molar-refractivity contribution is 5.87. The Morgan fingerprint density at radius 2 is 2.16 bits per heavy atom. The highest BCUT2D eigenvalue weighted by Gasteiger charge is 2.11. The smallest absolute Gasteiger partial charge is 0.331 e. The van der Waals surface area contributed by atoms with Gasteiger partial charge < -0.3 is 13.9 Å². The average Bonchev–Trinajstić information content (AvgIpc) is 3.02. The second kappa shape index (κ2) is 7.37. The summed E-state index contributed by atoms with van der Waals surface area (Å²) in [5, 5.41) is 9.34. The number of pyridine rings is 1. The summed E-state index contributed by atoms with van der Waals surface area (Å²) in [6, 6.07) is 15.1. The molecule has 0 unspecified atom stereocenters. The Morgan fingerprint density at radius 3 is 2.96 bits per heavy atom. The summed E-state index contributed by atoms with van der Waals surface area (Å²) in [6.07, 6.45) is 6.67. The van der Waals surface area contributed by atoms with Crippen LogP contribution in [0.15, 0.2) is 60.9 Å². The van der Waals surface area contributed by atoms with Crippen LogP contribution < -0.4 is 4.74 Å². The van der Waals surface area contributed by atoms with Gasteiger partial charge in [0.25, 0.3) is 0 Å². The van der Waals surface area contributed by atoms with Crippen molar-refractivity contribution < 1.29 is 14.3 Å². The average molecular weight is 332 g/mol. The van der Waals surface area contributed by atoms with Crippen molar-refractivity contribution in [1.29, 1.82) is 5.26 Å². The number of aromatic nitrogens is 1. The van der Waals surface area contributed by atoms with Crippen LogP contribution >= 0.6 is 0 Å². The van der Waals surface area contributed by atoms with E-state index in [1.54, 1.807) is 19.4 Å². The van der Waals surface area contributed by atoms with E-state index in [4.69, 9.17) is 9.47 Å². The molecule has 0 aliphatic rings. The molecule has 0 saturated carbocycles. The summed E-state index contributed by atoms with van der Waals surface area (Å²) in [7, 11) is 1.59. The summed E-state index contributed by atoms with van der Waals surface area (Å²) in [5.74, 6) is 0.247. The Morgan fingerprint density at radius 1 is 1.28 bits per heavy atom. The summed E-state index contributed by atoms with van der Waals surface area (Å²) in [5.41, 5.74) is 2.83. The Bertz CT molecular complexity index is 980. The number of fused-ring (bicyclic) bond motifs is 1. The number of benzene rings is 1. The van der Waals surface area contributed by atoms with Gasteiger partial charge in [-0.05, 0) is 35.9 Å². The highest BCUT2D eigenvalue weighted by atomic mass is 16.5. The maximum absolute atomic E-state index is 11.9. The first-order valence-electron chi connectivity index (χ1n) is 7.69. The maximum Gasteiger partial charge on any atom is 0.331 e. The first kappa shape index (κ1) is 16.3. The molecule has 2 aromatic heterocycles. The zero-order chi connectivity index (χ0) is 17.6. The SMILES string of the molecule is COc1cccc(/C=C/C(=O)OCc2cn3ccccc3c2C#N)c1. The molecule has 0 N–H and O–H groups in total. The van der Waals surface area contributed by atoms with Crippen molar-refractivity contribution in [3.05, 3.63) is 77.6 Å². The van der Waals surface area contributed by atoms with E-state index in [0.717, 1.165) is 16.8 Å². The van der Waals surface area contributed by atoms with Gasteiger partial charge in [-0.25, -0.2) is 4.79 Å². The van der Waals surface area contributed by atoms with Crippen molar-refractivity contribution in [3.63, 3.8) is 0 Å². The number of hydrogen-bond donors (Lipinski definition) is 0. The molecule has 5 heteroatoms. The molecular weight excluding hydrogens is 316 g/mol. The number of nitriles is 1. The molecular formula is C20H16N2O3. The number of methoxy groups -OCH3 is 1. The third-order valence-electron chi connectivity index (χ3n) is 3.75.